The summed E-state index contributed by atoms with van der Waals surface area (Å²) >= 11 is 5.99. The zero-order chi connectivity index (χ0) is 16.6. The van der Waals surface area contributed by atoms with Crippen LogP contribution in [0, 0.1) is 0 Å². The molecule has 0 bridgehead atoms. The van der Waals surface area contributed by atoms with Crippen molar-refractivity contribution in [1.29, 1.82) is 0 Å². The van der Waals surface area contributed by atoms with Crippen LogP contribution in [0.1, 0.15) is 23.0 Å². The molecule has 1 aromatic heterocycles. The van der Waals surface area contributed by atoms with Gasteiger partial charge in [0.15, 0.2) is 0 Å². The van der Waals surface area contributed by atoms with E-state index in [1.54, 1.807) is 42.5 Å². The minimum Gasteiger partial charge on any atom is -0.399 e. The fourth-order valence-electron chi connectivity index (χ4n) is 2.47. The molecule has 23 heavy (non-hydrogen) atoms. The third kappa shape index (κ3) is 2.91. The number of halogens is 1. The molecule has 0 spiro atoms. The first-order chi connectivity index (χ1) is 11.0. The van der Waals surface area contributed by atoms with Gasteiger partial charge in [0.25, 0.3) is 0 Å². The van der Waals surface area contributed by atoms with Crippen LogP contribution in [0.4, 0.5) is 11.4 Å². The van der Waals surface area contributed by atoms with Crippen molar-refractivity contribution in [3.05, 3.63) is 58.7 Å². The summed E-state index contributed by atoms with van der Waals surface area (Å²) in [7, 11) is 0. The van der Waals surface area contributed by atoms with Crippen molar-refractivity contribution < 1.29 is 9.59 Å². The van der Waals surface area contributed by atoms with E-state index >= 15 is 0 Å². The van der Waals surface area contributed by atoms with Gasteiger partial charge in [0.05, 0.1) is 5.69 Å². The Morgan fingerprint density at radius 3 is 2.65 bits per heavy atom. The molecule has 3 rings (SSSR count). The van der Waals surface area contributed by atoms with Crippen molar-refractivity contribution in [2.45, 2.75) is 6.92 Å². The van der Waals surface area contributed by atoms with Gasteiger partial charge >= 0.3 is 0 Å². The van der Waals surface area contributed by atoms with Gasteiger partial charge in [0.2, 0.25) is 11.7 Å². The Balaban J connectivity index is 2.19. The number of anilines is 2. The Hall–Kier alpha value is -2.79. The number of aromatic amines is 1. The number of amides is 1. The first kappa shape index (κ1) is 15.1. The molecule has 3 aromatic rings. The summed E-state index contributed by atoms with van der Waals surface area (Å²) in [6.45, 7) is 1.39. The highest BCUT2D eigenvalue weighted by atomic mass is 35.5. The first-order valence-electron chi connectivity index (χ1n) is 6.95. The lowest BCUT2D eigenvalue weighted by Crippen LogP contribution is -2.11. The number of hydrogen-bond acceptors (Lipinski definition) is 3. The highest BCUT2D eigenvalue weighted by Crippen LogP contribution is 2.31. The third-order valence-corrected chi connectivity index (χ3v) is 3.67. The van der Waals surface area contributed by atoms with Crippen LogP contribution in [0.3, 0.4) is 0 Å². The van der Waals surface area contributed by atoms with Crippen LogP contribution >= 0.6 is 11.6 Å². The van der Waals surface area contributed by atoms with E-state index in [-0.39, 0.29) is 11.7 Å². The molecule has 4 N–H and O–H groups in total. The van der Waals surface area contributed by atoms with Gasteiger partial charge in [-0.3, -0.25) is 9.59 Å². The zero-order valence-corrected chi connectivity index (χ0v) is 13.1. The Morgan fingerprint density at radius 2 is 1.96 bits per heavy atom. The van der Waals surface area contributed by atoms with Gasteiger partial charge in [-0.2, -0.15) is 0 Å². The van der Waals surface area contributed by atoms with Crippen LogP contribution < -0.4 is 11.1 Å². The maximum absolute atomic E-state index is 12.8. The van der Waals surface area contributed by atoms with Gasteiger partial charge in [-0.15, -0.1) is 0 Å². The highest BCUT2D eigenvalue weighted by molar-refractivity contribution is 6.31. The molecule has 2 aromatic carbocycles. The predicted octanol–water partition coefficient (Wildman–Crippen LogP) is 3.59. The summed E-state index contributed by atoms with van der Waals surface area (Å²) in [6.07, 6.45) is 0. The van der Waals surface area contributed by atoms with Crippen molar-refractivity contribution in [2.24, 2.45) is 0 Å². The molecule has 0 atom stereocenters. The van der Waals surface area contributed by atoms with Gasteiger partial charge in [0, 0.05) is 34.1 Å². The summed E-state index contributed by atoms with van der Waals surface area (Å²) in [6, 6.07) is 11.9. The Labute approximate surface area is 137 Å². The second-order valence-electron chi connectivity index (χ2n) is 5.20. The van der Waals surface area contributed by atoms with E-state index < -0.39 is 0 Å². The smallest absolute Gasteiger partial charge is 0.221 e. The van der Waals surface area contributed by atoms with Gasteiger partial charge in [-0.05, 0) is 30.3 Å². The van der Waals surface area contributed by atoms with Crippen molar-refractivity contribution in [3.63, 3.8) is 0 Å². The highest BCUT2D eigenvalue weighted by Gasteiger charge is 2.20. The SMILES string of the molecule is CC(=O)Nc1c(C(=O)c2cccc(N)c2)[nH]c2cc(Cl)ccc12. The van der Waals surface area contributed by atoms with Crippen molar-refractivity contribution >= 4 is 45.6 Å². The summed E-state index contributed by atoms with van der Waals surface area (Å²) < 4.78 is 0. The molecular formula is C17H14ClN3O2. The summed E-state index contributed by atoms with van der Waals surface area (Å²) in [5.74, 6) is -0.518. The molecule has 0 aliphatic rings. The number of carbonyl (C=O) groups excluding carboxylic acids is 2. The van der Waals surface area contributed by atoms with Crippen LogP contribution in [-0.2, 0) is 4.79 Å². The number of carbonyl (C=O) groups is 2. The Bertz CT molecular complexity index is 931. The van der Waals surface area contributed by atoms with Crippen LogP contribution in [-0.4, -0.2) is 16.7 Å². The van der Waals surface area contributed by atoms with Gasteiger partial charge in [0.1, 0.15) is 5.69 Å². The van der Waals surface area contributed by atoms with E-state index in [9.17, 15) is 9.59 Å². The molecule has 0 unspecified atom stereocenters. The lowest BCUT2D eigenvalue weighted by Gasteiger charge is -2.05. The van der Waals surface area contributed by atoms with E-state index in [2.05, 4.69) is 10.3 Å². The summed E-state index contributed by atoms with van der Waals surface area (Å²) in [5.41, 5.74) is 8.08. The molecule has 0 aliphatic heterocycles. The predicted molar refractivity (Wildman–Crippen MR) is 91.9 cm³/mol. The number of fused-ring (bicyclic) bond motifs is 1. The first-order valence-corrected chi connectivity index (χ1v) is 7.32. The van der Waals surface area contributed by atoms with E-state index in [0.29, 0.717) is 33.2 Å². The standard InChI is InChI=1S/C17H14ClN3O2/c1-9(22)20-15-13-6-5-11(18)8-14(13)21-16(15)17(23)10-3-2-4-12(19)7-10/h2-8,21H,19H2,1H3,(H,20,22). The molecule has 0 radical (unpaired) electrons. The largest absolute Gasteiger partial charge is 0.399 e. The second-order valence-corrected chi connectivity index (χ2v) is 5.64. The number of H-pyrrole nitrogens is 1. The number of nitrogens with one attached hydrogen (secondary N) is 2. The molecule has 1 amide bonds. The molecular weight excluding hydrogens is 314 g/mol. The number of ketones is 1. The molecule has 0 saturated heterocycles. The topological polar surface area (TPSA) is 88.0 Å². The zero-order valence-electron chi connectivity index (χ0n) is 12.3. The van der Waals surface area contributed by atoms with Crippen molar-refractivity contribution in [3.8, 4) is 0 Å². The fraction of sp³-hybridized carbons (Fsp3) is 0.0588. The van der Waals surface area contributed by atoms with Gasteiger partial charge in [-0.25, -0.2) is 0 Å². The second kappa shape index (κ2) is 5.78. The monoisotopic (exact) mass is 327 g/mol. The van der Waals surface area contributed by atoms with E-state index in [1.165, 1.54) is 6.92 Å². The minimum atomic E-state index is -0.262. The number of rotatable bonds is 3. The third-order valence-electron chi connectivity index (χ3n) is 3.44. The van der Waals surface area contributed by atoms with E-state index in [1.807, 2.05) is 0 Å². The normalized spacial score (nSPS) is 10.7. The van der Waals surface area contributed by atoms with Crippen LogP contribution in [0.15, 0.2) is 42.5 Å². The molecule has 1 heterocycles. The lowest BCUT2D eigenvalue weighted by atomic mass is 10.1. The molecule has 6 heteroatoms. The van der Waals surface area contributed by atoms with Gasteiger partial charge in [-0.1, -0.05) is 23.7 Å². The Morgan fingerprint density at radius 1 is 1.17 bits per heavy atom. The van der Waals surface area contributed by atoms with Crippen LogP contribution in [0.5, 0.6) is 0 Å². The van der Waals surface area contributed by atoms with Crippen LogP contribution in [0.25, 0.3) is 10.9 Å². The van der Waals surface area contributed by atoms with Crippen molar-refractivity contribution in [2.75, 3.05) is 11.1 Å². The lowest BCUT2D eigenvalue weighted by molar-refractivity contribution is -0.114. The molecule has 0 fully saturated rings. The van der Waals surface area contributed by atoms with E-state index in [0.717, 1.165) is 5.39 Å². The number of hydrogen-bond donors (Lipinski definition) is 3. The summed E-state index contributed by atoms with van der Waals surface area (Å²) in [5, 5.41) is 3.97. The maximum atomic E-state index is 12.8. The van der Waals surface area contributed by atoms with Gasteiger partial charge < -0.3 is 16.0 Å². The van der Waals surface area contributed by atoms with Crippen molar-refractivity contribution in [1.82, 2.24) is 4.98 Å². The molecule has 5 nitrogen and oxygen atoms in total. The van der Waals surface area contributed by atoms with E-state index in [4.69, 9.17) is 17.3 Å². The quantitative estimate of drug-likeness (QED) is 0.507. The Kier molecular flexibility index (Phi) is 3.80. The maximum Gasteiger partial charge on any atom is 0.221 e. The number of nitrogen functional groups attached to an aromatic ring is 1. The summed E-state index contributed by atoms with van der Waals surface area (Å²) in [4.78, 5) is 27.3. The molecule has 0 aliphatic carbocycles. The molecule has 0 saturated carbocycles. The number of nitrogens with two attached hydrogens (primary N) is 1. The minimum absolute atomic E-state index is 0.256. The van der Waals surface area contributed by atoms with Crippen LogP contribution in [0.2, 0.25) is 5.02 Å². The average molecular weight is 328 g/mol. The number of benzene rings is 2. The molecule has 116 valence electrons. The fourth-order valence-corrected chi connectivity index (χ4v) is 2.64. The number of aromatic nitrogens is 1. The average Bonchev–Trinajstić information content (AvgIpc) is 2.83.